The topological polar surface area (TPSA) is 33.4 Å². The summed E-state index contributed by atoms with van der Waals surface area (Å²) in [6, 6.07) is 22.0. The predicted octanol–water partition coefficient (Wildman–Crippen LogP) is 6.23. The standard InChI is InChI=1S/C36H51N2O2.HI/c1-4-6-7-8-9-10-11-12-13-14-15-21-28-40-34-26-25-32(31(3)29-34)30-38(33-22-17-16-18-23-33)36(39)35-24-19-20-27-37(35)5-2;/h16-20,22-27,29H,4-15,21,28,30H2,1-3H3;1H/q+1;/p-1. The molecule has 0 aliphatic rings. The van der Waals surface area contributed by atoms with Crippen LogP contribution in [0.15, 0.2) is 72.9 Å². The van der Waals surface area contributed by atoms with Crippen molar-refractivity contribution in [2.75, 3.05) is 11.5 Å². The van der Waals surface area contributed by atoms with E-state index in [9.17, 15) is 4.79 Å². The van der Waals surface area contributed by atoms with E-state index in [-0.39, 0.29) is 29.9 Å². The number of halogens is 1. The Hall–Kier alpha value is -2.41. The summed E-state index contributed by atoms with van der Waals surface area (Å²) < 4.78 is 8.08. The molecule has 4 nitrogen and oxygen atoms in total. The van der Waals surface area contributed by atoms with E-state index >= 15 is 0 Å². The summed E-state index contributed by atoms with van der Waals surface area (Å²) in [4.78, 5) is 15.6. The Balaban J connectivity index is 0.00000588. The number of amides is 1. The van der Waals surface area contributed by atoms with Crippen LogP contribution in [0.5, 0.6) is 5.75 Å². The number of carbonyl (C=O) groups is 1. The molecule has 0 unspecified atom stereocenters. The minimum Gasteiger partial charge on any atom is -1.00 e. The van der Waals surface area contributed by atoms with Crippen molar-refractivity contribution in [1.29, 1.82) is 0 Å². The summed E-state index contributed by atoms with van der Waals surface area (Å²) in [5.41, 5.74) is 3.84. The highest BCUT2D eigenvalue weighted by molar-refractivity contribution is 6.03. The molecule has 0 spiro atoms. The molecule has 3 rings (SSSR count). The molecule has 0 N–H and O–H groups in total. The van der Waals surface area contributed by atoms with Gasteiger partial charge in [-0.3, -0.25) is 9.69 Å². The number of ether oxygens (including phenoxy) is 1. The second kappa shape index (κ2) is 20.5. The zero-order chi connectivity index (χ0) is 28.4. The van der Waals surface area contributed by atoms with Crippen LogP contribution < -0.4 is 38.2 Å². The van der Waals surface area contributed by atoms with Crippen LogP contribution in [-0.4, -0.2) is 12.5 Å². The number of carbonyl (C=O) groups excluding carboxylic acids is 1. The van der Waals surface area contributed by atoms with Crippen molar-refractivity contribution in [1.82, 2.24) is 0 Å². The quantitative estimate of drug-likeness (QED) is 0.0861. The smallest absolute Gasteiger partial charge is 0.323 e. The van der Waals surface area contributed by atoms with Crippen molar-refractivity contribution < 1.29 is 38.1 Å². The molecule has 0 radical (unpaired) electrons. The first-order chi connectivity index (χ1) is 19.6. The summed E-state index contributed by atoms with van der Waals surface area (Å²) >= 11 is 0. The third kappa shape index (κ3) is 12.2. The van der Waals surface area contributed by atoms with Crippen molar-refractivity contribution in [3.63, 3.8) is 0 Å². The fourth-order valence-corrected chi connectivity index (χ4v) is 5.21. The van der Waals surface area contributed by atoms with Crippen LogP contribution in [0.25, 0.3) is 0 Å². The Kier molecular flexibility index (Phi) is 17.4. The Morgan fingerprint density at radius 1 is 0.756 bits per heavy atom. The van der Waals surface area contributed by atoms with Crippen LogP contribution in [0.3, 0.4) is 0 Å². The van der Waals surface area contributed by atoms with E-state index in [4.69, 9.17) is 4.74 Å². The molecule has 0 saturated heterocycles. The molecule has 0 saturated carbocycles. The number of rotatable bonds is 19. The van der Waals surface area contributed by atoms with Gasteiger partial charge in [-0.05, 0) is 61.7 Å². The molecule has 5 heteroatoms. The lowest BCUT2D eigenvalue weighted by atomic mass is 10.1. The molecular formula is C36H51IN2O2. The van der Waals surface area contributed by atoms with Gasteiger partial charge in [-0.25, -0.2) is 0 Å². The Labute approximate surface area is 266 Å². The summed E-state index contributed by atoms with van der Waals surface area (Å²) in [6.07, 6.45) is 18.1. The van der Waals surface area contributed by atoms with E-state index in [1.807, 2.05) is 70.3 Å². The van der Waals surface area contributed by atoms with Crippen molar-refractivity contribution in [3.05, 3.63) is 89.7 Å². The van der Waals surface area contributed by atoms with Gasteiger partial charge in [-0.15, -0.1) is 0 Å². The number of benzene rings is 2. The number of hydrogen-bond acceptors (Lipinski definition) is 2. The maximum Gasteiger partial charge on any atom is 0.323 e. The highest BCUT2D eigenvalue weighted by atomic mass is 127. The van der Waals surface area contributed by atoms with Gasteiger partial charge in [0.25, 0.3) is 5.69 Å². The van der Waals surface area contributed by atoms with Gasteiger partial charge in [0.1, 0.15) is 12.3 Å². The zero-order valence-corrected chi connectivity index (χ0v) is 27.8. The molecule has 1 heterocycles. The van der Waals surface area contributed by atoms with Gasteiger partial charge < -0.3 is 28.7 Å². The van der Waals surface area contributed by atoms with Gasteiger partial charge >= 0.3 is 5.91 Å². The Morgan fingerprint density at radius 2 is 1.37 bits per heavy atom. The van der Waals surface area contributed by atoms with Crippen molar-refractivity contribution >= 4 is 11.6 Å². The number of hydrogen-bond donors (Lipinski definition) is 0. The summed E-state index contributed by atoms with van der Waals surface area (Å²) in [6.45, 7) is 8.45. The van der Waals surface area contributed by atoms with Crippen molar-refractivity contribution in [2.24, 2.45) is 0 Å². The molecule has 1 amide bonds. The number of aryl methyl sites for hydroxylation is 2. The minimum atomic E-state index is 0. The lowest BCUT2D eigenvalue weighted by molar-refractivity contribution is -0.695. The van der Waals surface area contributed by atoms with Crippen LogP contribution in [0.4, 0.5) is 5.69 Å². The molecule has 0 aliphatic heterocycles. The number of anilines is 1. The van der Waals surface area contributed by atoms with Gasteiger partial charge in [-0.1, -0.05) is 102 Å². The lowest BCUT2D eigenvalue weighted by Crippen LogP contribution is -3.00. The molecule has 0 aliphatic carbocycles. The highest BCUT2D eigenvalue weighted by Crippen LogP contribution is 2.24. The van der Waals surface area contributed by atoms with E-state index in [1.54, 1.807) is 0 Å². The van der Waals surface area contributed by atoms with Crippen LogP contribution >= 0.6 is 0 Å². The van der Waals surface area contributed by atoms with Crippen molar-refractivity contribution in [2.45, 2.75) is 111 Å². The number of para-hydroxylation sites is 1. The van der Waals surface area contributed by atoms with E-state index in [1.165, 1.54) is 70.6 Å². The zero-order valence-electron chi connectivity index (χ0n) is 25.6. The van der Waals surface area contributed by atoms with Gasteiger partial charge in [-0.2, -0.15) is 4.57 Å². The minimum absolute atomic E-state index is 0. The third-order valence-electron chi connectivity index (χ3n) is 7.72. The van der Waals surface area contributed by atoms with Crippen LogP contribution in [-0.2, 0) is 13.1 Å². The first kappa shape index (κ1) is 34.8. The van der Waals surface area contributed by atoms with Crippen molar-refractivity contribution in [3.8, 4) is 5.75 Å². The van der Waals surface area contributed by atoms with Gasteiger partial charge in [0, 0.05) is 17.8 Å². The van der Waals surface area contributed by atoms with Gasteiger partial charge in [0.05, 0.1) is 13.2 Å². The van der Waals surface area contributed by atoms with E-state index in [2.05, 4.69) is 32.9 Å². The third-order valence-corrected chi connectivity index (χ3v) is 7.72. The predicted molar refractivity (Wildman–Crippen MR) is 167 cm³/mol. The average Bonchev–Trinajstić information content (AvgIpc) is 2.99. The van der Waals surface area contributed by atoms with E-state index in [0.29, 0.717) is 12.2 Å². The number of nitrogens with zero attached hydrogens (tertiary/aromatic N) is 2. The molecule has 2 aromatic carbocycles. The highest BCUT2D eigenvalue weighted by Gasteiger charge is 2.26. The number of pyridine rings is 1. The second-order valence-electron chi connectivity index (χ2n) is 10.9. The number of aromatic nitrogens is 1. The fraction of sp³-hybridized carbons (Fsp3) is 0.500. The average molecular weight is 671 g/mol. The SMILES string of the molecule is CCCCCCCCCCCCCCOc1ccc(CN(C(=O)c2cccc[n+]2CC)c2ccccc2)c(C)c1.[I-]. The molecule has 1 aromatic heterocycles. The molecule has 0 fully saturated rings. The monoisotopic (exact) mass is 670 g/mol. The van der Waals surface area contributed by atoms with Crippen LogP contribution in [0.2, 0.25) is 0 Å². The largest absolute Gasteiger partial charge is 1.00 e. The van der Waals surface area contributed by atoms with Gasteiger partial charge in [0.15, 0.2) is 6.20 Å². The van der Waals surface area contributed by atoms with E-state index < -0.39 is 0 Å². The van der Waals surface area contributed by atoms with Crippen LogP contribution in [0, 0.1) is 6.92 Å². The maximum absolute atomic E-state index is 13.7. The summed E-state index contributed by atoms with van der Waals surface area (Å²) in [7, 11) is 0. The van der Waals surface area contributed by atoms with Gasteiger partial charge in [0.2, 0.25) is 0 Å². The molecule has 224 valence electrons. The number of unbranched alkanes of at least 4 members (excludes halogenated alkanes) is 11. The Morgan fingerprint density at radius 3 is 1.98 bits per heavy atom. The molecule has 41 heavy (non-hydrogen) atoms. The Bertz CT molecular complexity index is 1140. The van der Waals surface area contributed by atoms with E-state index in [0.717, 1.165) is 42.1 Å². The normalized spacial score (nSPS) is 10.7. The lowest BCUT2D eigenvalue weighted by Gasteiger charge is -2.23. The second-order valence-corrected chi connectivity index (χ2v) is 10.9. The molecular weight excluding hydrogens is 619 g/mol. The molecule has 0 bridgehead atoms. The maximum atomic E-state index is 13.7. The first-order valence-electron chi connectivity index (χ1n) is 15.7. The van der Waals surface area contributed by atoms with Crippen LogP contribution in [0.1, 0.15) is 113 Å². The summed E-state index contributed by atoms with van der Waals surface area (Å²) in [5, 5.41) is 0. The first-order valence-corrected chi connectivity index (χ1v) is 15.7. The fourth-order valence-electron chi connectivity index (χ4n) is 5.21. The molecule has 0 atom stereocenters. The molecule has 3 aromatic rings. The summed E-state index contributed by atoms with van der Waals surface area (Å²) in [5.74, 6) is 0.911.